The van der Waals surface area contributed by atoms with Crippen molar-refractivity contribution >= 4 is 23.2 Å². The zero-order valence-corrected chi connectivity index (χ0v) is 13.4. The van der Waals surface area contributed by atoms with Crippen molar-refractivity contribution in [2.24, 2.45) is 0 Å². The minimum atomic E-state index is -0.156. The number of nitrogens with one attached hydrogen (secondary N) is 3. The number of carbonyl (C=O) groups is 1. The molecule has 0 saturated heterocycles. The summed E-state index contributed by atoms with van der Waals surface area (Å²) in [6.45, 7) is 1.00. The molecule has 3 rings (SSSR count). The highest BCUT2D eigenvalue weighted by Gasteiger charge is 2.04. The van der Waals surface area contributed by atoms with E-state index in [-0.39, 0.29) is 5.91 Å². The van der Waals surface area contributed by atoms with Crippen LogP contribution >= 0.6 is 0 Å². The van der Waals surface area contributed by atoms with Gasteiger partial charge in [0.05, 0.1) is 17.4 Å². The summed E-state index contributed by atoms with van der Waals surface area (Å²) < 4.78 is 0. The predicted molar refractivity (Wildman–Crippen MR) is 94.6 cm³/mol. The number of aromatic nitrogens is 4. The summed E-state index contributed by atoms with van der Waals surface area (Å²) in [4.78, 5) is 19.8. The first-order chi connectivity index (χ1) is 12.3. The Morgan fingerprint density at radius 2 is 1.64 bits per heavy atom. The summed E-state index contributed by atoms with van der Waals surface area (Å²) in [5.74, 6) is 1.10. The first-order valence-electron chi connectivity index (χ1n) is 7.74. The fourth-order valence-electron chi connectivity index (χ4n) is 2.04. The number of rotatable bonds is 7. The zero-order valence-electron chi connectivity index (χ0n) is 13.4. The van der Waals surface area contributed by atoms with E-state index in [2.05, 4.69) is 36.1 Å². The highest BCUT2D eigenvalue weighted by Crippen LogP contribution is 2.12. The second-order valence-corrected chi connectivity index (χ2v) is 5.09. The van der Waals surface area contributed by atoms with E-state index in [1.807, 2.05) is 24.3 Å². The lowest BCUT2D eigenvalue weighted by molar-refractivity contribution is 0.0955. The second kappa shape index (κ2) is 8.34. The van der Waals surface area contributed by atoms with Crippen LogP contribution in [0.25, 0.3) is 0 Å². The zero-order chi connectivity index (χ0) is 17.3. The van der Waals surface area contributed by atoms with Crippen molar-refractivity contribution in [3.63, 3.8) is 0 Å². The topological polar surface area (TPSA) is 105 Å². The molecular weight excluding hydrogens is 318 g/mol. The predicted octanol–water partition coefficient (Wildman–Crippen LogP) is 1.85. The fraction of sp³-hybridized carbons (Fsp3) is 0.118. The molecule has 0 aliphatic carbocycles. The number of carbonyl (C=O) groups excluding carboxylic acids is 1. The molecular formula is C17H17N7O. The van der Waals surface area contributed by atoms with Gasteiger partial charge in [-0.3, -0.25) is 14.8 Å². The van der Waals surface area contributed by atoms with Crippen LogP contribution in [-0.2, 0) is 0 Å². The van der Waals surface area contributed by atoms with E-state index >= 15 is 0 Å². The average Bonchev–Trinajstić information content (AvgIpc) is 2.68. The van der Waals surface area contributed by atoms with Crippen molar-refractivity contribution in [3.8, 4) is 0 Å². The molecule has 0 saturated carbocycles. The van der Waals surface area contributed by atoms with Crippen molar-refractivity contribution < 1.29 is 4.79 Å². The van der Waals surface area contributed by atoms with Crippen LogP contribution in [0.1, 0.15) is 10.4 Å². The average molecular weight is 335 g/mol. The molecule has 0 bridgehead atoms. The van der Waals surface area contributed by atoms with Gasteiger partial charge in [0.15, 0.2) is 5.82 Å². The molecule has 0 aliphatic heterocycles. The summed E-state index contributed by atoms with van der Waals surface area (Å²) in [5, 5.41) is 17.2. The summed E-state index contributed by atoms with van der Waals surface area (Å²) in [7, 11) is 0. The Labute approximate surface area is 144 Å². The van der Waals surface area contributed by atoms with E-state index in [1.165, 1.54) is 6.20 Å². The van der Waals surface area contributed by atoms with Crippen molar-refractivity contribution in [1.29, 1.82) is 0 Å². The second-order valence-electron chi connectivity index (χ2n) is 5.09. The molecule has 0 radical (unpaired) electrons. The highest BCUT2D eigenvalue weighted by atomic mass is 16.1. The largest absolute Gasteiger partial charge is 0.367 e. The molecule has 0 aromatic carbocycles. The van der Waals surface area contributed by atoms with E-state index < -0.39 is 0 Å². The minimum absolute atomic E-state index is 0.156. The van der Waals surface area contributed by atoms with Crippen LogP contribution in [0.5, 0.6) is 0 Å². The normalized spacial score (nSPS) is 10.1. The molecule has 3 aromatic heterocycles. The Bertz CT molecular complexity index is 794. The van der Waals surface area contributed by atoms with Gasteiger partial charge in [-0.15, -0.1) is 10.2 Å². The molecule has 0 aliphatic rings. The lowest BCUT2D eigenvalue weighted by Gasteiger charge is -2.08. The third-order valence-electron chi connectivity index (χ3n) is 3.24. The first-order valence-corrected chi connectivity index (χ1v) is 7.74. The van der Waals surface area contributed by atoms with Crippen LogP contribution in [0.3, 0.4) is 0 Å². The van der Waals surface area contributed by atoms with E-state index in [4.69, 9.17) is 0 Å². The molecule has 0 unspecified atom stereocenters. The van der Waals surface area contributed by atoms with Crippen LogP contribution in [0.2, 0.25) is 0 Å². The van der Waals surface area contributed by atoms with Crippen LogP contribution in [-0.4, -0.2) is 39.2 Å². The first kappa shape index (κ1) is 16.3. The van der Waals surface area contributed by atoms with E-state index in [0.717, 1.165) is 5.69 Å². The van der Waals surface area contributed by atoms with Gasteiger partial charge in [0.25, 0.3) is 5.91 Å². The van der Waals surface area contributed by atoms with Gasteiger partial charge in [0.1, 0.15) is 5.82 Å². The number of nitrogens with zero attached hydrogens (tertiary/aromatic N) is 4. The minimum Gasteiger partial charge on any atom is -0.367 e. The van der Waals surface area contributed by atoms with Crippen LogP contribution in [0.15, 0.2) is 61.2 Å². The van der Waals surface area contributed by atoms with Crippen molar-refractivity contribution in [1.82, 2.24) is 25.5 Å². The molecule has 0 spiro atoms. The standard InChI is InChI=1S/C17H17N7O/c25-17(13-3-1-7-18-11-13)21-10-9-20-15-5-6-16(24-23-15)22-14-4-2-8-19-12-14/h1-8,11-12H,9-10H2,(H,20,23)(H,21,25)(H,22,24). The Hall–Kier alpha value is -3.55. The summed E-state index contributed by atoms with van der Waals surface area (Å²) in [6.07, 6.45) is 6.57. The van der Waals surface area contributed by atoms with Gasteiger partial charge in [0, 0.05) is 31.7 Å². The Morgan fingerprint density at radius 1 is 0.880 bits per heavy atom. The Kier molecular flexibility index (Phi) is 5.44. The van der Waals surface area contributed by atoms with Crippen LogP contribution < -0.4 is 16.0 Å². The third kappa shape index (κ3) is 4.96. The number of amides is 1. The van der Waals surface area contributed by atoms with Crippen molar-refractivity contribution in [2.45, 2.75) is 0 Å². The maximum absolute atomic E-state index is 11.9. The maximum Gasteiger partial charge on any atom is 0.252 e. The van der Waals surface area contributed by atoms with Crippen LogP contribution in [0.4, 0.5) is 17.3 Å². The molecule has 3 heterocycles. The summed E-state index contributed by atoms with van der Waals surface area (Å²) in [6, 6.07) is 10.8. The lowest BCUT2D eigenvalue weighted by Crippen LogP contribution is -2.28. The molecule has 0 atom stereocenters. The Morgan fingerprint density at radius 3 is 2.32 bits per heavy atom. The molecule has 3 N–H and O–H groups in total. The lowest BCUT2D eigenvalue weighted by atomic mass is 10.3. The molecule has 1 amide bonds. The summed E-state index contributed by atoms with van der Waals surface area (Å²) in [5.41, 5.74) is 1.38. The van der Waals surface area contributed by atoms with Crippen LogP contribution in [0, 0.1) is 0 Å². The molecule has 3 aromatic rings. The number of hydrogen-bond acceptors (Lipinski definition) is 7. The molecule has 8 heteroatoms. The van der Waals surface area contributed by atoms with Crippen molar-refractivity contribution in [3.05, 3.63) is 66.7 Å². The number of anilines is 3. The van der Waals surface area contributed by atoms with E-state index in [9.17, 15) is 4.79 Å². The maximum atomic E-state index is 11.9. The van der Waals surface area contributed by atoms with Gasteiger partial charge in [-0.1, -0.05) is 0 Å². The number of pyridine rings is 2. The van der Waals surface area contributed by atoms with Gasteiger partial charge in [-0.2, -0.15) is 0 Å². The SMILES string of the molecule is O=C(NCCNc1ccc(Nc2cccnc2)nn1)c1cccnc1. The quantitative estimate of drug-likeness (QED) is 0.566. The van der Waals surface area contributed by atoms with Gasteiger partial charge in [0.2, 0.25) is 0 Å². The van der Waals surface area contributed by atoms with Crippen molar-refractivity contribution in [2.75, 3.05) is 23.7 Å². The molecule has 8 nitrogen and oxygen atoms in total. The van der Waals surface area contributed by atoms with E-state index in [1.54, 1.807) is 30.7 Å². The molecule has 25 heavy (non-hydrogen) atoms. The molecule has 126 valence electrons. The van der Waals surface area contributed by atoms with Gasteiger partial charge in [-0.05, 0) is 36.4 Å². The Balaban J connectivity index is 1.42. The van der Waals surface area contributed by atoms with Gasteiger partial charge >= 0.3 is 0 Å². The smallest absolute Gasteiger partial charge is 0.252 e. The monoisotopic (exact) mass is 335 g/mol. The third-order valence-corrected chi connectivity index (χ3v) is 3.24. The van der Waals surface area contributed by atoms with Gasteiger partial charge in [-0.25, -0.2) is 0 Å². The number of hydrogen-bond donors (Lipinski definition) is 3. The fourth-order valence-corrected chi connectivity index (χ4v) is 2.04. The van der Waals surface area contributed by atoms with E-state index in [0.29, 0.717) is 30.3 Å². The summed E-state index contributed by atoms with van der Waals surface area (Å²) >= 11 is 0. The molecule has 0 fully saturated rings. The van der Waals surface area contributed by atoms with Gasteiger partial charge < -0.3 is 16.0 Å². The highest BCUT2D eigenvalue weighted by molar-refractivity contribution is 5.93.